The molecule has 1 saturated heterocycles. The van der Waals surface area contributed by atoms with Gasteiger partial charge < -0.3 is 20.4 Å². The largest absolute Gasteiger partial charge is 0.394 e. The fourth-order valence-electron chi connectivity index (χ4n) is 1.54. The van der Waals surface area contributed by atoms with E-state index in [9.17, 15) is 9.90 Å². The summed E-state index contributed by atoms with van der Waals surface area (Å²) in [5.41, 5.74) is -0.563. The molecule has 15 heavy (non-hydrogen) atoms. The van der Waals surface area contributed by atoms with Gasteiger partial charge in [-0.15, -0.1) is 0 Å². The second-order valence-corrected chi connectivity index (χ2v) is 4.72. The Morgan fingerprint density at radius 2 is 2.20 bits per heavy atom. The smallest absolute Gasteiger partial charge is 0.240 e. The molecule has 0 bridgehead atoms. The van der Waals surface area contributed by atoms with Crippen LogP contribution in [-0.2, 0) is 4.79 Å². The lowest BCUT2D eigenvalue weighted by Crippen LogP contribution is -2.53. The number of carbonyl (C=O) groups is 1. The summed E-state index contributed by atoms with van der Waals surface area (Å²) in [4.78, 5) is 13.5. The zero-order chi connectivity index (χ0) is 11.6. The van der Waals surface area contributed by atoms with Gasteiger partial charge in [-0.3, -0.25) is 4.79 Å². The lowest BCUT2D eigenvalue weighted by Gasteiger charge is -2.35. The number of nitrogens with one attached hydrogen (secondary N) is 1. The minimum absolute atomic E-state index is 0.0781. The summed E-state index contributed by atoms with van der Waals surface area (Å²) in [6, 6.07) is -0.323. The van der Waals surface area contributed by atoms with E-state index in [1.54, 1.807) is 20.9 Å². The molecule has 1 amide bonds. The molecule has 1 aliphatic heterocycles. The van der Waals surface area contributed by atoms with E-state index in [-0.39, 0.29) is 18.6 Å². The molecule has 0 aromatic heterocycles. The highest BCUT2D eigenvalue weighted by Gasteiger charge is 2.35. The fourth-order valence-corrected chi connectivity index (χ4v) is 1.54. The van der Waals surface area contributed by atoms with Crippen molar-refractivity contribution in [2.24, 2.45) is 0 Å². The molecule has 2 atom stereocenters. The van der Waals surface area contributed by atoms with Crippen LogP contribution in [0.2, 0.25) is 0 Å². The van der Waals surface area contributed by atoms with Gasteiger partial charge in [0.25, 0.3) is 0 Å². The van der Waals surface area contributed by atoms with Crippen molar-refractivity contribution in [3.8, 4) is 0 Å². The van der Waals surface area contributed by atoms with Crippen LogP contribution in [0.1, 0.15) is 20.3 Å². The normalized spacial score (nSPS) is 26.7. The zero-order valence-electron chi connectivity index (χ0n) is 9.53. The first-order chi connectivity index (χ1) is 6.88. The second-order valence-electron chi connectivity index (χ2n) is 4.72. The number of aliphatic hydroxyl groups excluding tert-OH is 2. The summed E-state index contributed by atoms with van der Waals surface area (Å²) in [5, 5.41) is 21.4. The third-order valence-electron chi connectivity index (χ3n) is 3.03. The van der Waals surface area contributed by atoms with Crippen LogP contribution in [0.15, 0.2) is 0 Å². The van der Waals surface area contributed by atoms with Crippen LogP contribution in [-0.4, -0.2) is 58.9 Å². The average molecular weight is 216 g/mol. The summed E-state index contributed by atoms with van der Waals surface area (Å²) in [5.74, 6) is -0.0781. The molecule has 0 aromatic rings. The Morgan fingerprint density at radius 3 is 2.60 bits per heavy atom. The summed E-state index contributed by atoms with van der Waals surface area (Å²) in [6.45, 7) is 3.99. The van der Waals surface area contributed by atoms with Crippen molar-refractivity contribution in [1.82, 2.24) is 10.2 Å². The number of hydrogen-bond donors (Lipinski definition) is 3. The minimum atomic E-state index is -0.563. The Balaban J connectivity index is 2.60. The van der Waals surface area contributed by atoms with E-state index in [1.165, 1.54) is 4.90 Å². The first-order valence-electron chi connectivity index (χ1n) is 5.18. The van der Waals surface area contributed by atoms with Gasteiger partial charge in [0.15, 0.2) is 0 Å². The maximum Gasteiger partial charge on any atom is 0.240 e. The molecule has 1 fully saturated rings. The molecule has 0 aliphatic carbocycles. The molecule has 0 aromatic carbocycles. The lowest BCUT2D eigenvalue weighted by molar-refractivity contribution is -0.138. The van der Waals surface area contributed by atoms with Crippen LogP contribution in [0.4, 0.5) is 0 Å². The van der Waals surface area contributed by atoms with Crippen molar-refractivity contribution in [1.29, 1.82) is 0 Å². The van der Waals surface area contributed by atoms with Crippen molar-refractivity contribution >= 4 is 5.91 Å². The quantitative estimate of drug-likeness (QED) is 0.562. The second kappa shape index (κ2) is 4.47. The summed E-state index contributed by atoms with van der Waals surface area (Å²) >= 11 is 0. The number of β-amino-alcohol motifs (C(OH)–C–C–N with tert-alkyl or cyclic N) is 1. The van der Waals surface area contributed by atoms with E-state index in [1.807, 2.05) is 0 Å². The summed E-state index contributed by atoms with van der Waals surface area (Å²) in [6.07, 6.45) is 0.00889. The third kappa shape index (κ3) is 2.68. The highest BCUT2D eigenvalue weighted by molar-refractivity contribution is 5.82. The molecule has 0 spiro atoms. The lowest BCUT2D eigenvalue weighted by atomic mass is 10.0. The van der Waals surface area contributed by atoms with Crippen molar-refractivity contribution in [2.75, 3.05) is 20.2 Å². The zero-order valence-corrected chi connectivity index (χ0v) is 9.53. The SMILES string of the molecule is CN(C(=O)C1CC(O)CN1)C(C)(C)CO. The number of aliphatic hydroxyl groups is 2. The maximum absolute atomic E-state index is 11.9. The molecule has 5 heteroatoms. The van der Waals surface area contributed by atoms with Crippen LogP contribution in [0.5, 0.6) is 0 Å². The van der Waals surface area contributed by atoms with Crippen LogP contribution >= 0.6 is 0 Å². The molecule has 88 valence electrons. The van der Waals surface area contributed by atoms with Gasteiger partial charge in [0.2, 0.25) is 5.91 Å². The summed E-state index contributed by atoms with van der Waals surface area (Å²) < 4.78 is 0. The monoisotopic (exact) mass is 216 g/mol. The first kappa shape index (κ1) is 12.4. The molecule has 2 unspecified atom stereocenters. The molecule has 1 aliphatic rings. The highest BCUT2D eigenvalue weighted by atomic mass is 16.3. The van der Waals surface area contributed by atoms with Crippen LogP contribution < -0.4 is 5.32 Å². The highest BCUT2D eigenvalue weighted by Crippen LogP contribution is 2.16. The van der Waals surface area contributed by atoms with Crippen molar-refractivity contribution in [3.05, 3.63) is 0 Å². The van der Waals surface area contributed by atoms with Crippen molar-refractivity contribution < 1.29 is 15.0 Å². The molecule has 1 rings (SSSR count). The van der Waals surface area contributed by atoms with E-state index in [2.05, 4.69) is 5.32 Å². The van der Waals surface area contributed by atoms with Crippen LogP contribution in [0.25, 0.3) is 0 Å². The number of carbonyl (C=O) groups excluding carboxylic acids is 1. The number of hydrogen-bond acceptors (Lipinski definition) is 4. The predicted molar refractivity (Wildman–Crippen MR) is 56.3 cm³/mol. The Hall–Kier alpha value is -0.650. The van der Waals surface area contributed by atoms with Gasteiger partial charge in [-0.25, -0.2) is 0 Å². The van der Waals surface area contributed by atoms with E-state index in [4.69, 9.17) is 5.11 Å². The van der Waals surface area contributed by atoms with Gasteiger partial charge in [-0.2, -0.15) is 0 Å². The number of rotatable bonds is 3. The first-order valence-corrected chi connectivity index (χ1v) is 5.18. The Morgan fingerprint density at radius 1 is 1.60 bits per heavy atom. The van der Waals surface area contributed by atoms with E-state index >= 15 is 0 Å². The van der Waals surface area contributed by atoms with E-state index in [0.717, 1.165) is 0 Å². The van der Waals surface area contributed by atoms with Crippen molar-refractivity contribution in [2.45, 2.75) is 38.0 Å². The number of likely N-dealkylation sites (N-methyl/N-ethyl adjacent to an activating group) is 1. The minimum Gasteiger partial charge on any atom is -0.394 e. The average Bonchev–Trinajstić information content (AvgIpc) is 2.62. The van der Waals surface area contributed by atoms with E-state index in [0.29, 0.717) is 13.0 Å². The van der Waals surface area contributed by atoms with E-state index < -0.39 is 11.6 Å². The molecule has 0 saturated carbocycles. The standard InChI is InChI=1S/C10H20N2O3/c1-10(2,6-13)12(3)9(15)8-4-7(14)5-11-8/h7-8,11,13-14H,4-6H2,1-3H3. The third-order valence-corrected chi connectivity index (χ3v) is 3.03. The molecule has 3 N–H and O–H groups in total. The van der Waals surface area contributed by atoms with Crippen LogP contribution in [0, 0.1) is 0 Å². The molecular formula is C10H20N2O3. The van der Waals surface area contributed by atoms with Gasteiger partial charge in [-0.05, 0) is 20.3 Å². The number of nitrogens with zero attached hydrogens (tertiary/aromatic N) is 1. The van der Waals surface area contributed by atoms with Crippen molar-refractivity contribution in [3.63, 3.8) is 0 Å². The topological polar surface area (TPSA) is 72.8 Å². The fraction of sp³-hybridized carbons (Fsp3) is 0.900. The van der Waals surface area contributed by atoms with Gasteiger partial charge in [-0.1, -0.05) is 0 Å². The molecule has 5 nitrogen and oxygen atoms in total. The molecule has 0 radical (unpaired) electrons. The van der Waals surface area contributed by atoms with Gasteiger partial charge in [0.1, 0.15) is 0 Å². The van der Waals surface area contributed by atoms with Crippen LogP contribution in [0.3, 0.4) is 0 Å². The predicted octanol–water partition coefficient (Wildman–Crippen LogP) is -1.06. The van der Waals surface area contributed by atoms with Gasteiger partial charge in [0.05, 0.1) is 24.3 Å². The molecule has 1 heterocycles. The van der Waals surface area contributed by atoms with Gasteiger partial charge >= 0.3 is 0 Å². The Bertz CT molecular complexity index is 243. The maximum atomic E-state index is 11.9. The number of amides is 1. The van der Waals surface area contributed by atoms with Gasteiger partial charge in [0, 0.05) is 13.6 Å². The summed E-state index contributed by atoms with van der Waals surface area (Å²) in [7, 11) is 1.67. The Labute approximate surface area is 90.1 Å². The Kier molecular flexibility index (Phi) is 3.70. The molecular weight excluding hydrogens is 196 g/mol.